The van der Waals surface area contributed by atoms with E-state index in [9.17, 15) is 4.79 Å². The molecule has 1 saturated heterocycles. The molecule has 0 saturated carbocycles. The molecule has 0 bridgehead atoms. The highest BCUT2D eigenvalue weighted by molar-refractivity contribution is 6.14. The van der Waals surface area contributed by atoms with Gasteiger partial charge in [-0.1, -0.05) is 12.1 Å². The molecule has 146 valence electrons. The predicted molar refractivity (Wildman–Crippen MR) is 113 cm³/mol. The second kappa shape index (κ2) is 7.52. The Hall–Kier alpha value is -3.45. The van der Waals surface area contributed by atoms with Crippen LogP contribution in [0.25, 0.3) is 16.6 Å². The monoisotopic (exact) mass is 387 g/mol. The zero-order valence-electron chi connectivity index (χ0n) is 15.9. The van der Waals surface area contributed by atoms with E-state index < -0.39 is 0 Å². The Labute approximate surface area is 168 Å². The summed E-state index contributed by atoms with van der Waals surface area (Å²) in [5.74, 6) is 1.18. The summed E-state index contributed by atoms with van der Waals surface area (Å²) in [6.07, 6.45) is 1.87. The van der Waals surface area contributed by atoms with E-state index in [4.69, 9.17) is 4.74 Å². The van der Waals surface area contributed by atoms with Crippen molar-refractivity contribution in [2.24, 2.45) is 4.99 Å². The first kappa shape index (κ1) is 17.6. The van der Waals surface area contributed by atoms with Gasteiger partial charge in [-0.25, -0.2) is 4.98 Å². The van der Waals surface area contributed by atoms with E-state index in [2.05, 4.69) is 25.2 Å². The highest BCUT2D eigenvalue weighted by atomic mass is 16.5. The average Bonchev–Trinajstić information content (AvgIpc) is 3.41. The number of morpholine rings is 1. The lowest BCUT2D eigenvalue weighted by Gasteiger charge is -2.28. The van der Waals surface area contributed by atoms with Crippen LogP contribution in [0.2, 0.25) is 0 Å². The van der Waals surface area contributed by atoms with Crippen molar-refractivity contribution < 1.29 is 9.53 Å². The fraction of sp³-hybridized carbons (Fsp3) is 0.227. The van der Waals surface area contributed by atoms with Crippen molar-refractivity contribution in [3.05, 3.63) is 66.0 Å². The van der Waals surface area contributed by atoms with Crippen LogP contribution >= 0.6 is 0 Å². The molecule has 3 aromatic rings. The third-order valence-corrected chi connectivity index (χ3v) is 5.17. The third-order valence-electron chi connectivity index (χ3n) is 5.17. The summed E-state index contributed by atoms with van der Waals surface area (Å²) in [6.45, 7) is 3.71. The summed E-state index contributed by atoms with van der Waals surface area (Å²) in [4.78, 5) is 27.2. The number of hydrogen-bond donors (Lipinski definition) is 2. The van der Waals surface area contributed by atoms with E-state index in [0.717, 1.165) is 54.4 Å². The van der Waals surface area contributed by atoms with E-state index in [1.54, 1.807) is 0 Å². The van der Waals surface area contributed by atoms with Gasteiger partial charge in [0.2, 0.25) is 0 Å². The van der Waals surface area contributed by atoms with Crippen LogP contribution in [0.15, 0.2) is 59.6 Å². The summed E-state index contributed by atoms with van der Waals surface area (Å²) in [5, 5.41) is 2.89. The first-order chi connectivity index (χ1) is 14.3. The average molecular weight is 387 g/mol. The van der Waals surface area contributed by atoms with Crippen molar-refractivity contribution >= 4 is 34.0 Å². The number of carbonyl (C=O) groups excluding carboxylic acids is 1. The first-order valence-electron chi connectivity index (χ1n) is 9.70. The molecular formula is C22H21N5O2. The summed E-state index contributed by atoms with van der Waals surface area (Å²) in [7, 11) is 0. The van der Waals surface area contributed by atoms with Crippen molar-refractivity contribution in [3.63, 3.8) is 0 Å². The molecule has 7 heteroatoms. The highest BCUT2D eigenvalue weighted by Crippen LogP contribution is 2.20. The van der Waals surface area contributed by atoms with E-state index in [1.807, 2.05) is 54.6 Å². The Balaban J connectivity index is 1.26. The fourth-order valence-corrected chi connectivity index (χ4v) is 3.58. The van der Waals surface area contributed by atoms with E-state index >= 15 is 0 Å². The Bertz CT molecular complexity index is 1070. The van der Waals surface area contributed by atoms with Gasteiger partial charge in [0.15, 0.2) is 0 Å². The molecule has 0 atom stereocenters. The van der Waals surface area contributed by atoms with Crippen LogP contribution in [0.1, 0.15) is 16.2 Å². The molecule has 5 rings (SSSR count). The maximum atomic E-state index is 12.6. The Kier molecular flexibility index (Phi) is 4.57. The molecule has 0 unspecified atom stereocenters. The van der Waals surface area contributed by atoms with Crippen molar-refractivity contribution in [2.75, 3.05) is 37.7 Å². The Morgan fingerprint density at radius 2 is 1.86 bits per heavy atom. The number of para-hydroxylation sites is 2. The van der Waals surface area contributed by atoms with Crippen LogP contribution in [-0.4, -0.2) is 54.6 Å². The maximum absolute atomic E-state index is 12.6. The highest BCUT2D eigenvalue weighted by Gasteiger charge is 2.17. The molecule has 29 heavy (non-hydrogen) atoms. The van der Waals surface area contributed by atoms with Gasteiger partial charge >= 0.3 is 0 Å². The summed E-state index contributed by atoms with van der Waals surface area (Å²) < 4.78 is 5.38. The molecule has 0 spiro atoms. The number of amides is 1. The molecular weight excluding hydrogens is 366 g/mol. The standard InChI is InChI=1S/C22H21N5O2/c28-22(15-5-7-17(8-6-15)27-9-11-29-12-10-27)26-20-13-16(14-23-20)21-24-18-3-1-2-4-19(18)25-21/h1-8,13H,9-12,14H2,(H,24,25)(H,23,26,28). The minimum Gasteiger partial charge on any atom is -0.378 e. The van der Waals surface area contributed by atoms with Gasteiger partial charge in [-0.15, -0.1) is 0 Å². The SMILES string of the molecule is O=C(NC1=NCC(c2nc3ccccc3[nH]2)=C1)c1ccc(N2CCOCC2)cc1. The summed E-state index contributed by atoms with van der Waals surface area (Å²) in [5.41, 5.74) is 4.58. The van der Waals surface area contributed by atoms with Crippen LogP contribution in [0.5, 0.6) is 0 Å². The molecule has 0 radical (unpaired) electrons. The van der Waals surface area contributed by atoms with Crippen LogP contribution in [0.3, 0.4) is 0 Å². The summed E-state index contributed by atoms with van der Waals surface area (Å²) in [6, 6.07) is 15.5. The lowest BCUT2D eigenvalue weighted by molar-refractivity contribution is 0.0977. The minimum absolute atomic E-state index is 0.167. The van der Waals surface area contributed by atoms with Crippen LogP contribution in [0.4, 0.5) is 5.69 Å². The van der Waals surface area contributed by atoms with Gasteiger partial charge in [0, 0.05) is 29.9 Å². The molecule has 2 N–H and O–H groups in total. The quantitative estimate of drug-likeness (QED) is 0.724. The normalized spacial score (nSPS) is 16.6. The van der Waals surface area contributed by atoms with E-state index in [-0.39, 0.29) is 5.91 Å². The molecule has 1 fully saturated rings. The molecule has 1 amide bonds. The number of nitrogens with one attached hydrogen (secondary N) is 2. The number of rotatable bonds is 3. The van der Waals surface area contributed by atoms with Crippen molar-refractivity contribution in [3.8, 4) is 0 Å². The molecule has 2 aliphatic rings. The van der Waals surface area contributed by atoms with Gasteiger partial charge in [0.05, 0.1) is 30.8 Å². The number of ether oxygens (including phenoxy) is 1. The van der Waals surface area contributed by atoms with Gasteiger partial charge in [0.1, 0.15) is 11.7 Å². The zero-order chi connectivity index (χ0) is 19.6. The smallest absolute Gasteiger partial charge is 0.256 e. The predicted octanol–water partition coefficient (Wildman–Crippen LogP) is 2.63. The molecule has 2 aliphatic heterocycles. The first-order valence-corrected chi connectivity index (χ1v) is 9.70. The zero-order valence-corrected chi connectivity index (χ0v) is 15.9. The topological polar surface area (TPSA) is 82.6 Å². The lowest BCUT2D eigenvalue weighted by Crippen LogP contribution is -2.36. The van der Waals surface area contributed by atoms with Crippen LogP contribution in [-0.2, 0) is 4.74 Å². The molecule has 2 aromatic carbocycles. The number of amidine groups is 1. The lowest BCUT2D eigenvalue weighted by atomic mass is 10.1. The van der Waals surface area contributed by atoms with Crippen molar-refractivity contribution in [2.45, 2.75) is 0 Å². The number of nitrogens with zero attached hydrogens (tertiary/aromatic N) is 3. The number of H-pyrrole nitrogens is 1. The van der Waals surface area contributed by atoms with Crippen molar-refractivity contribution in [1.29, 1.82) is 0 Å². The van der Waals surface area contributed by atoms with Crippen LogP contribution < -0.4 is 10.2 Å². The van der Waals surface area contributed by atoms with E-state index in [1.165, 1.54) is 0 Å². The number of benzene rings is 2. The number of aliphatic imine (C=N–C) groups is 1. The number of aromatic nitrogens is 2. The van der Waals surface area contributed by atoms with Gasteiger partial charge < -0.3 is 19.9 Å². The summed E-state index contributed by atoms with van der Waals surface area (Å²) >= 11 is 0. The van der Waals surface area contributed by atoms with Crippen LogP contribution in [0, 0.1) is 0 Å². The van der Waals surface area contributed by atoms with E-state index in [0.29, 0.717) is 17.9 Å². The number of anilines is 1. The van der Waals surface area contributed by atoms with Gasteiger partial charge in [-0.3, -0.25) is 9.79 Å². The number of carbonyl (C=O) groups is 1. The number of imidazole rings is 1. The van der Waals surface area contributed by atoms with Gasteiger partial charge in [-0.05, 0) is 42.5 Å². The molecule has 3 heterocycles. The molecule has 7 nitrogen and oxygen atoms in total. The van der Waals surface area contributed by atoms with Gasteiger partial charge in [0.25, 0.3) is 5.91 Å². The second-order valence-corrected chi connectivity index (χ2v) is 7.07. The second-order valence-electron chi connectivity index (χ2n) is 7.07. The van der Waals surface area contributed by atoms with Crippen molar-refractivity contribution in [1.82, 2.24) is 15.3 Å². The third kappa shape index (κ3) is 3.64. The Morgan fingerprint density at radius 3 is 2.66 bits per heavy atom. The molecule has 1 aromatic heterocycles. The Morgan fingerprint density at radius 1 is 1.07 bits per heavy atom. The van der Waals surface area contributed by atoms with Gasteiger partial charge in [-0.2, -0.15) is 0 Å². The number of fused-ring (bicyclic) bond motifs is 1. The minimum atomic E-state index is -0.167. The molecule has 0 aliphatic carbocycles. The fourth-order valence-electron chi connectivity index (χ4n) is 3.58. The number of aromatic amines is 1. The largest absolute Gasteiger partial charge is 0.378 e. The number of hydrogen-bond acceptors (Lipinski definition) is 5. The maximum Gasteiger partial charge on any atom is 0.256 e.